The monoisotopic (exact) mass is 709 g/mol. The molecule has 0 unspecified atom stereocenters. The van der Waals surface area contributed by atoms with Crippen LogP contribution in [0, 0.1) is 6.92 Å². The number of hydrogen-bond acceptors (Lipinski definition) is 5. The van der Waals surface area contributed by atoms with Crippen LogP contribution in [0.5, 0.6) is 5.75 Å². The molecule has 0 heterocycles. The van der Waals surface area contributed by atoms with E-state index in [9.17, 15) is 18.0 Å². The van der Waals surface area contributed by atoms with E-state index >= 15 is 0 Å². The van der Waals surface area contributed by atoms with Crippen LogP contribution in [0.15, 0.2) is 70.0 Å². The summed E-state index contributed by atoms with van der Waals surface area (Å²) in [5.41, 5.74) is 1.80. The maximum Gasteiger partial charge on any atom is 0.264 e. The lowest BCUT2D eigenvalue weighted by molar-refractivity contribution is -0.139. The van der Waals surface area contributed by atoms with Crippen molar-refractivity contribution >= 4 is 66.7 Å². The minimum atomic E-state index is -4.24. The summed E-state index contributed by atoms with van der Waals surface area (Å²) >= 11 is 15.9. The summed E-state index contributed by atoms with van der Waals surface area (Å²) in [5.74, 6) is -0.420. The van der Waals surface area contributed by atoms with Crippen LogP contribution < -0.4 is 14.4 Å². The van der Waals surface area contributed by atoms with E-state index < -0.39 is 28.5 Å². The van der Waals surface area contributed by atoms with Gasteiger partial charge in [-0.3, -0.25) is 13.9 Å². The van der Waals surface area contributed by atoms with Gasteiger partial charge in [-0.2, -0.15) is 0 Å². The second-order valence-electron chi connectivity index (χ2n) is 10.6. The van der Waals surface area contributed by atoms with Crippen LogP contribution in [0.4, 0.5) is 5.69 Å². The van der Waals surface area contributed by atoms with Crippen molar-refractivity contribution in [3.05, 3.63) is 86.3 Å². The molecule has 0 aliphatic heterocycles. The molecular weight excluding hydrogens is 677 g/mol. The van der Waals surface area contributed by atoms with Crippen molar-refractivity contribution in [3.63, 3.8) is 0 Å². The molecule has 12 heteroatoms. The standard InChI is InChI=1S/C31H34BrCl2N3O5S/c1-20-8-12-25(13-9-20)37(43(40,41)26-14-15-29(42-3)27(32)17-26)19-30(38)36(18-22-10-11-23(33)16-28(22)34)21(2)31(39)35-24-6-4-5-7-24/h8-17,21,24H,4-7,18-19H2,1-3H3,(H,35,39)/t21-/m0/s1. The second-order valence-corrected chi connectivity index (χ2v) is 14.1. The smallest absolute Gasteiger partial charge is 0.264 e. The molecule has 1 atom stereocenters. The number of methoxy groups -OCH3 is 1. The fourth-order valence-corrected chi connectivity index (χ4v) is 7.58. The highest BCUT2D eigenvalue weighted by Gasteiger charge is 2.34. The zero-order valence-electron chi connectivity index (χ0n) is 24.1. The van der Waals surface area contributed by atoms with Crippen LogP contribution in [0.3, 0.4) is 0 Å². The minimum Gasteiger partial charge on any atom is -0.496 e. The highest BCUT2D eigenvalue weighted by Crippen LogP contribution is 2.31. The van der Waals surface area contributed by atoms with E-state index in [1.807, 2.05) is 6.92 Å². The second kappa shape index (κ2) is 14.3. The van der Waals surface area contributed by atoms with E-state index in [4.69, 9.17) is 27.9 Å². The van der Waals surface area contributed by atoms with Crippen molar-refractivity contribution in [2.45, 2.75) is 63.1 Å². The average molecular weight is 712 g/mol. The molecule has 4 rings (SSSR count). The largest absolute Gasteiger partial charge is 0.496 e. The third kappa shape index (κ3) is 8.03. The summed E-state index contributed by atoms with van der Waals surface area (Å²) in [5, 5.41) is 3.82. The Balaban J connectivity index is 1.72. The minimum absolute atomic E-state index is 0.0239. The van der Waals surface area contributed by atoms with Gasteiger partial charge in [-0.25, -0.2) is 8.42 Å². The molecule has 1 aliphatic rings. The van der Waals surface area contributed by atoms with Crippen molar-refractivity contribution < 1.29 is 22.7 Å². The summed E-state index contributed by atoms with van der Waals surface area (Å²) in [6.07, 6.45) is 3.83. The Morgan fingerprint density at radius 1 is 1.05 bits per heavy atom. The van der Waals surface area contributed by atoms with E-state index in [2.05, 4.69) is 21.2 Å². The quantitative estimate of drug-likeness (QED) is 0.238. The summed E-state index contributed by atoms with van der Waals surface area (Å²) < 4.78 is 34.9. The lowest BCUT2D eigenvalue weighted by Crippen LogP contribution is -2.52. The van der Waals surface area contributed by atoms with E-state index in [0.717, 1.165) is 35.6 Å². The fourth-order valence-electron chi connectivity index (χ4n) is 4.98. The number of aryl methyl sites for hydroxylation is 1. The van der Waals surface area contributed by atoms with Gasteiger partial charge in [0.2, 0.25) is 11.8 Å². The first-order valence-electron chi connectivity index (χ1n) is 13.9. The molecule has 1 fully saturated rings. The predicted octanol–water partition coefficient (Wildman–Crippen LogP) is 6.74. The fraction of sp³-hybridized carbons (Fsp3) is 0.355. The van der Waals surface area contributed by atoms with E-state index in [0.29, 0.717) is 31.5 Å². The maximum atomic E-state index is 14.1. The number of nitrogens with zero attached hydrogens (tertiary/aromatic N) is 2. The number of ether oxygens (including phenoxy) is 1. The van der Waals surface area contributed by atoms with Gasteiger partial charge in [-0.15, -0.1) is 0 Å². The zero-order valence-corrected chi connectivity index (χ0v) is 28.1. The van der Waals surface area contributed by atoms with Crippen molar-refractivity contribution in [1.29, 1.82) is 0 Å². The molecule has 230 valence electrons. The van der Waals surface area contributed by atoms with Crippen molar-refractivity contribution in [2.75, 3.05) is 18.0 Å². The summed E-state index contributed by atoms with van der Waals surface area (Å²) in [4.78, 5) is 28.8. The first-order chi connectivity index (χ1) is 20.4. The van der Waals surface area contributed by atoms with Crippen LogP contribution in [0.25, 0.3) is 0 Å². The Hall–Kier alpha value is -2.79. The number of nitrogens with one attached hydrogen (secondary N) is 1. The lowest BCUT2D eigenvalue weighted by atomic mass is 10.1. The molecule has 8 nitrogen and oxygen atoms in total. The highest BCUT2D eigenvalue weighted by molar-refractivity contribution is 9.10. The Kier molecular flexibility index (Phi) is 11.0. The van der Waals surface area contributed by atoms with E-state index in [1.54, 1.807) is 49.4 Å². The first-order valence-corrected chi connectivity index (χ1v) is 16.9. The number of amides is 2. The molecule has 0 radical (unpaired) electrons. The number of benzene rings is 3. The molecule has 3 aromatic carbocycles. The van der Waals surface area contributed by atoms with Gasteiger partial charge in [0.05, 0.1) is 22.2 Å². The molecule has 3 aromatic rings. The molecule has 1 N–H and O–H groups in total. The molecular formula is C31H34BrCl2N3O5S. The van der Waals surface area contributed by atoms with Gasteiger partial charge in [0.1, 0.15) is 18.3 Å². The Morgan fingerprint density at radius 3 is 2.33 bits per heavy atom. The first kappa shape index (κ1) is 33.1. The van der Waals surface area contributed by atoms with Gasteiger partial charge in [0.25, 0.3) is 10.0 Å². The topological polar surface area (TPSA) is 96.0 Å². The Labute approximate surface area is 271 Å². The van der Waals surface area contributed by atoms with Crippen LogP contribution in [-0.4, -0.2) is 50.9 Å². The Bertz CT molecular complexity index is 1580. The number of sulfonamides is 1. The predicted molar refractivity (Wildman–Crippen MR) is 173 cm³/mol. The summed E-state index contributed by atoms with van der Waals surface area (Å²) in [7, 11) is -2.75. The van der Waals surface area contributed by atoms with Crippen LogP contribution in [-0.2, 0) is 26.2 Å². The Morgan fingerprint density at radius 2 is 1.72 bits per heavy atom. The van der Waals surface area contributed by atoms with Crippen molar-refractivity contribution in [1.82, 2.24) is 10.2 Å². The number of anilines is 1. The number of halogens is 3. The molecule has 1 aliphatic carbocycles. The van der Waals surface area contributed by atoms with Gasteiger partial charge in [-0.05, 0) is 90.6 Å². The third-order valence-corrected chi connectivity index (χ3v) is 10.5. The number of rotatable bonds is 11. The molecule has 43 heavy (non-hydrogen) atoms. The van der Waals surface area contributed by atoms with Crippen molar-refractivity contribution in [2.24, 2.45) is 0 Å². The van der Waals surface area contributed by atoms with Crippen LogP contribution >= 0.6 is 39.1 Å². The van der Waals surface area contributed by atoms with E-state index in [1.165, 1.54) is 30.2 Å². The molecule has 0 aromatic heterocycles. The molecule has 0 spiro atoms. The molecule has 1 saturated carbocycles. The lowest BCUT2D eigenvalue weighted by Gasteiger charge is -2.32. The van der Waals surface area contributed by atoms with Gasteiger partial charge < -0.3 is 15.0 Å². The average Bonchev–Trinajstić information content (AvgIpc) is 3.48. The van der Waals surface area contributed by atoms with Crippen LogP contribution in [0.2, 0.25) is 10.0 Å². The number of carbonyl (C=O) groups is 2. The molecule has 2 amide bonds. The third-order valence-electron chi connectivity index (χ3n) is 7.54. The van der Waals surface area contributed by atoms with Crippen molar-refractivity contribution in [3.8, 4) is 5.75 Å². The normalized spacial score (nSPS) is 14.3. The summed E-state index contributed by atoms with van der Waals surface area (Å²) in [6, 6.07) is 15.3. The van der Waals surface area contributed by atoms with E-state index in [-0.39, 0.29) is 23.4 Å². The zero-order chi connectivity index (χ0) is 31.3. The number of hydrogen-bond donors (Lipinski definition) is 1. The molecule has 0 saturated heterocycles. The SMILES string of the molecule is COc1ccc(S(=O)(=O)N(CC(=O)N(Cc2ccc(Cl)cc2Cl)[C@@H](C)C(=O)NC2CCCC2)c2ccc(C)cc2)cc1Br. The van der Waals surface area contributed by atoms with Gasteiger partial charge in [-0.1, -0.05) is 59.8 Å². The van der Waals surface area contributed by atoms with Gasteiger partial charge >= 0.3 is 0 Å². The maximum absolute atomic E-state index is 14.1. The summed E-state index contributed by atoms with van der Waals surface area (Å²) in [6.45, 7) is 2.94. The van der Waals surface area contributed by atoms with Gasteiger partial charge in [0, 0.05) is 22.6 Å². The number of carbonyl (C=O) groups excluding carboxylic acids is 2. The van der Waals surface area contributed by atoms with Crippen LogP contribution in [0.1, 0.15) is 43.7 Å². The highest BCUT2D eigenvalue weighted by atomic mass is 79.9. The molecule has 0 bridgehead atoms. The van der Waals surface area contributed by atoms with Gasteiger partial charge in [0.15, 0.2) is 0 Å².